The van der Waals surface area contributed by atoms with E-state index in [2.05, 4.69) is 16.1 Å². The summed E-state index contributed by atoms with van der Waals surface area (Å²) in [6.07, 6.45) is 6.91. The maximum Gasteiger partial charge on any atom is 0.227 e. The molecule has 1 N–H and O–H groups in total. The number of amides is 1. The molecule has 0 saturated carbocycles. The lowest BCUT2D eigenvalue weighted by Gasteiger charge is -2.29. The van der Waals surface area contributed by atoms with Gasteiger partial charge in [0.1, 0.15) is 5.82 Å². The number of hydrogen-bond acceptors (Lipinski definition) is 2. The monoisotopic (exact) mass is 274 g/mol. The van der Waals surface area contributed by atoms with E-state index in [4.69, 9.17) is 6.42 Å². The molecule has 0 spiro atoms. The molecule has 3 nitrogen and oxygen atoms in total. The number of benzene rings is 1. The van der Waals surface area contributed by atoms with Gasteiger partial charge in [-0.1, -0.05) is 5.92 Å². The van der Waals surface area contributed by atoms with E-state index in [0.717, 1.165) is 31.5 Å². The molecule has 0 radical (unpaired) electrons. The number of aryl methyl sites for hydroxylation is 1. The minimum atomic E-state index is -0.289. The van der Waals surface area contributed by atoms with Crippen LogP contribution in [-0.4, -0.2) is 30.4 Å². The van der Waals surface area contributed by atoms with Crippen molar-refractivity contribution in [2.24, 2.45) is 5.92 Å². The number of anilines is 1. The minimum absolute atomic E-state index is 0.00785. The molecule has 1 heterocycles. The van der Waals surface area contributed by atoms with E-state index in [1.54, 1.807) is 13.0 Å². The van der Waals surface area contributed by atoms with Gasteiger partial charge in [-0.25, -0.2) is 4.39 Å². The van der Waals surface area contributed by atoms with Crippen LogP contribution in [0.5, 0.6) is 0 Å². The van der Waals surface area contributed by atoms with Gasteiger partial charge in [0.2, 0.25) is 5.91 Å². The Morgan fingerprint density at radius 2 is 2.20 bits per heavy atom. The van der Waals surface area contributed by atoms with Crippen LogP contribution in [-0.2, 0) is 4.79 Å². The lowest BCUT2D eigenvalue weighted by atomic mass is 9.95. The van der Waals surface area contributed by atoms with E-state index < -0.39 is 0 Å². The lowest BCUT2D eigenvalue weighted by Crippen LogP contribution is -2.38. The van der Waals surface area contributed by atoms with Crippen molar-refractivity contribution < 1.29 is 9.18 Å². The van der Waals surface area contributed by atoms with Gasteiger partial charge in [0.05, 0.1) is 6.54 Å². The van der Waals surface area contributed by atoms with Gasteiger partial charge in [-0.05, 0) is 56.6 Å². The Bertz CT molecular complexity index is 528. The van der Waals surface area contributed by atoms with Crippen LogP contribution in [0.4, 0.5) is 10.1 Å². The molecule has 1 aromatic rings. The summed E-state index contributed by atoms with van der Waals surface area (Å²) < 4.78 is 13.0. The average Bonchev–Trinajstić information content (AvgIpc) is 2.43. The standard InChI is InChI=1S/C16H19FN2O/c1-3-8-19-9-6-13(7-10-19)16(20)18-15-5-4-14(17)11-12(15)2/h1,4-5,11,13H,6-10H2,2H3,(H,18,20). The van der Waals surface area contributed by atoms with Gasteiger partial charge in [0.25, 0.3) is 0 Å². The van der Waals surface area contributed by atoms with Crippen LogP contribution in [0, 0.1) is 31.0 Å². The molecule has 0 aromatic heterocycles. The summed E-state index contributed by atoms with van der Waals surface area (Å²) in [5, 5.41) is 2.89. The number of carbonyl (C=O) groups excluding carboxylic acids is 1. The third kappa shape index (κ3) is 3.58. The molecule has 1 aromatic carbocycles. The first-order valence-corrected chi connectivity index (χ1v) is 6.83. The van der Waals surface area contributed by atoms with Gasteiger partial charge in [0, 0.05) is 11.6 Å². The molecule has 0 bridgehead atoms. The predicted molar refractivity (Wildman–Crippen MR) is 77.8 cm³/mol. The van der Waals surface area contributed by atoms with Crippen molar-refractivity contribution in [2.75, 3.05) is 25.0 Å². The Kier molecular flexibility index (Phi) is 4.75. The van der Waals surface area contributed by atoms with Gasteiger partial charge in [-0.2, -0.15) is 0 Å². The highest BCUT2D eigenvalue weighted by atomic mass is 19.1. The molecule has 1 fully saturated rings. The van der Waals surface area contributed by atoms with Crippen LogP contribution >= 0.6 is 0 Å². The first-order chi connectivity index (χ1) is 9.60. The van der Waals surface area contributed by atoms with Gasteiger partial charge >= 0.3 is 0 Å². The van der Waals surface area contributed by atoms with Crippen molar-refractivity contribution in [3.05, 3.63) is 29.6 Å². The topological polar surface area (TPSA) is 32.3 Å². The van der Waals surface area contributed by atoms with Crippen LogP contribution in [0.1, 0.15) is 18.4 Å². The number of piperidine rings is 1. The van der Waals surface area contributed by atoms with Crippen LogP contribution in [0.2, 0.25) is 0 Å². The molecular formula is C16H19FN2O. The first kappa shape index (κ1) is 14.5. The summed E-state index contributed by atoms with van der Waals surface area (Å²) in [4.78, 5) is 14.4. The molecule has 1 amide bonds. The van der Waals surface area contributed by atoms with Crippen molar-refractivity contribution >= 4 is 11.6 Å². The van der Waals surface area contributed by atoms with E-state index in [9.17, 15) is 9.18 Å². The molecule has 106 valence electrons. The normalized spacial score (nSPS) is 16.6. The molecular weight excluding hydrogens is 255 g/mol. The second-order valence-corrected chi connectivity index (χ2v) is 5.20. The highest BCUT2D eigenvalue weighted by Crippen LogP contribution is 2.21. The number of terminal acetylenes is 1. The van der Waals surface area contributed by atoms with Gasteiger partial charge < -0.3 is 5.32 Å². The fourth-order valence-electron chi connectivity index (χ4n) is 2.48. The zero-order valence-corrected chi connectivity index (χ0v) is 11.7. The Hall–Kier alpha value is -1.86. The summed E-state index contributed by atoms with van der Waals surface area (Å²) in [5.41, 5.74) is 1.42. The van der Waals surface area contributed by atoms with Gasteiger partial charge in [0.15, 0.2) is 0 Å². The maximum absolute atomic E-state index is 13.0. The maximum atomic E-state index is 13.0. The van der Waals surface area contributed by atoms with Crippen molar-refractivity contribution in [1.82, 2.24) is 4.90 Å². The third-order valence-corrected chi connectivity index (χ3v) is 3.72. The third-order valence-electron chi connectivity index (χ3n) is 3.72. The first-order valence-electron chi connectivity index (χ1n) is 6.83. The van der Waals surface area contributed by atoms with Crippen LogP contribution in [0.15, 0.2) is 18.2 Å². The van der Waals surface area contributed by atoms with E-state index >= 15 is 0 Å². The summed E-state index contributed by atoms with van der Waals surface area (Å²) in [6, 6.07) is 4.39. The van der Waals surface area contributed by atoms with E-state index in [1.165, 1.54) is 12.1 Å². The summed E-state index contributed by atoms with van der Waals surface area (Å²) >= 11 is 0. The Labute approximate surface area is 119 Å². The van der Waals surface area contributed by atoms with Crippen LogP contribution in [0.25, 0.3) is 0 Å². The molecule has 0 unspecified atom stereocenters. The summed E-state index contributed by atoms with van der Waals surface area (Å²) in [7, 11) is 0. The van der Waals surface area contributed by atoms with Crippen molar-refractivity contribution in [3.63, 3.8) is 0 Å². The summed E-state index contributed by atoms with van der Waals surface area (Å²) in [5.74, 6) is 2.36. The zero-order valence-electron chi connectivity index (χ0n) is 11.7. The predicted octanol–water partition coefficient (Wildman–Crippen LogP) is 2.42. The number of nitrogens with one attached hydrogen (secondary N) is 1. The van der Waals surface area contributed by atoms with E-state index in [-0.39, 0.29) is 17.6 Å². The van der Waals surface area contributed by atoms with Gasteiger partial charge in [-0.15, -0.1) is 6.42 Å². The molecule has 1 aliphatic rings. The minimum Gasteiger partial charge on any atom is -0.326 e. The Balaban J connectivity index is 1.91. The smallest absolute Gasteiger partial charge is 0.227 e. The Morgan fingerprint density at radius 1 is 1.50 bits per heavy atom. The molecule has 1 saturated heterocycles. The number of rotatable bonds is 3. The lowest BCUT2D eigenvalue weighted by molar-refractivity contribution is -0.121. The van der Waals surface area contributed by atoms with E-state index in [0.29, 0.717) is 12.2 Å². The highest BCUT2D eigenvalue weighted by Gasteiger charge is 2.24. The van der Waals surface area contributed by atoms with Crippen molar-refractivity contribution in [2.45, 2.75) is 19.8 Å². The van der Waals surface area contributed by atoms with Crippen molar-refractivity contribution in [3.8, 4) is 12.3 Å². The second-order valence-electron chi connectivity index (χ2n) is 5.20. The number of carbonyl (C=O) groups is 1. The Morgan fingerprint density at radius 3 is 2.80 bits per heavy atom. The van der Waals surface area contributed by atoms with Crippen LogP contribution < -0.4 is 5.32 Å². The quantitative estimate of drug-likeness (QED) is 0.859. The molecule has 2 rings (SSSR count). The molecule has 0 aliphatic carbocycles. The SMILES string of the molecule is C#CCN1CCC(C(=O)Nc2ccc(F)cc2C)CC1. The summed E-state index contributed by atoms with van der Waals surface area (Å²) in [6.45, 7) is 4.13. The number of hydrogen-bond donors (Lipinski definition) is 1. The van der Waals surface area contributed by atoms with Crippen LogP contribution in [0.3, 0.4) is 0 Å². The fourth-order valence-corrected chi connectivity index (χ4v) is 2.48. The molecule has 20 heavy (non-hydrogen) atoms. The van der Waals surface area contributed by atoms with E-state index in [1.807, 2.05) is 0 Å². The molecule has 0 atom stereocenters. The van der Waals surface area contributed by atoms with Crippen molar-refractivity contribution in [1.29, 1.82) is 0 Å². The molecule has 4 heteroatoms. The zero-order chi connectivity index (χ0) is 14.5. The average molecular weight is 274 g/mol. The number of halogens is 1. The van der Waals surface area contributed by atoms with Gasteiger partial charge in [-0.3, -0.25) is 9.69 Å². The highest BCUT2D eigenvalue weighted by molar-refractivity contribution is 5.93. The largest absolute Gasteiger partial charge is 0.326 e. The number of likely N-dealkylation sites (tertiary alicyclic amines) is 1. The molecule has 1 aliphatic heterocycles. The number of nitrogens with zero attached hydrogens (tertiary/aromatic N) is 1. The second kappa shape index (κ2) is 6.53. The fraction of sp³-hybridized carbons (Fsp3) is 0.438.